The number of thiophene rings is 4. The van der Waals surface area contributed by atoms with Gasteiger partial charge in [0.1, 0.15) is 0 Å². The minimum absolute atomic E-state index is 1.09. The van der Waals surface area contributed by atoms with Crippen molar-refractivity contribution in [1.82, 2.24) is 0 Å². The maximum absolute atomic E-state index is 4.17. The van der Waals surface area contributed by atoms with Crippen molar-refractivity contribution < 1.29 is 0 Å². The van der Waals surface area contributed by atoms with Crippen LogP contribution in [0.2, 0.25) is 0 Å². The second-order valence-electron chi connectivity index (χ2n) is 9.53. The second kappa shape index (κ2) is 10.6. The van der Waals surface area contributed by atoms with E-state index in [-0.39, 0.29) is 0 Å². The van der Waals surface area contributed by atoms with Crippen molar-refractivity contribution in [2.24, 2.45) is 0 Å². The number of benzene rings is 3. The van der Waals surface area contributed by atoms with E-state index in [0.29, 0.717) is 0 Å². The molecule has 0 unspecified atom stereocenters. The summed E-state index contributed by atoms with van der Waals surface area (Å²) in [6.45, 7) is 8.34. The summed E-state index contributed by atoms with van der Waals surface area (Å²) >= 11 is 6.96. The molecule has 0 N–H and O–H groups in total. The van der Waals surface area contributed by atoms with E-state index in [1.807, 2.05) is 12.2 Å². The molecule has 7 rings (SSSR count). The lowest BCUT2D eigenvalue weighted by molar-refractivity contribution is 1.56. The van der Waals surface area contributed by atoms with Gasteiger partial charge in [-0.05, 0) is 156 Å². The highest BCUT2D eigenvalue weighted by atomic mass is 32.1. The molecule has 3 aromatic carbocycles. The highest BCUT2D eigenvalue weighted by Crippen LogP contribution is 2.31. The van der Waals surface area contributed by atoms with E-state index < -0.39 is 0 Å². The Hall–Kier alpha value is -3.80. The normalized spacial score (nSPS) is 11.2. The molecule has 0 aliphatic carbocycles. The summed E-state index contributed by atoms with van der Waals surface area (Å²) in [5, 5.41) is 25.2. The van der Waals surface area contributed by atoms with Crippen molar-refractivity contribution >= 4 is 90.2 Å². The van der Waals surface area contributed by atoms with Gasteiger partial charge in [-0.15, -0.1) is 0 Å². The average molecular weight is 585 g/mol. The molecule has 0 spiro atoms. The molecule has 0 fully saturated rings. The smallest absolute Gasteiger partial charge is 0.000967 e. The van der Waals surface area contributed by atoms with Gasteiger partial charge in [0.2, 0.25) is 0 Å². The molecule has 40 heavy (non-hydrogen) atoms. The van der Waals surface area contributed by atoms with Crippen LogP contribution in [0.3, 0.4) is 0 Å². The Morgan fingerprint density at radius 2 is 0.825 bits per heavy atom. The first-order valence-electron chi connectivity index (χ1n) is 12.9. The largest absolute Gasteiger partial charge is 0.152 e. The SMILES string of the molecule is C=Cc1cc2c(=C(c3ccsc3)c3ccsc3)c3ccccc3c(=C(c3ccsc3)c3ccsc3)c2cc1C=C. The highest BCUT2D eigenvalue weighted by Gasteiger charge is 2.18. The first kappa shape index (κ1) is 25.2. The van der Waals surface area contributed by atoms with Gasteiger partial charge in [0.15, 0.2) is 0 Å². The Labute approximate surface area is 249 Å². The third kappa shape index (κ3) is 4.16. The molecular formula is C36H24S4. The van der Waals surface area contributed by atoms with Crippen LogP contribution in [0.1, 0.15) is 33.4 Å². The fourth-order valence-corrected chi connectivity index (χ4v) is 8.27. The maximum Gasteiger partial charge on any atom is -0.000967 e. The van der Waals surface area contributed by atoms with Crippen molar-refractivity contribution in [3.63, 3.8) is 0 Å². The van der Waals surface area contributed by atoms with Crippen molar-refractivity contribution in [1.29, 1.82) is 0 Å². The number of hydrogen-bond donors (Lipinski definition) is 0. The molecule has 0 aliphatic heterocycles. The molecule has 4 heterocycles. The zero-order valence-corrected chi connectivity index (χ0v) is 24.9. The fourth-order valence-electron chi connectivity index (χ4n) is 5.69. The predicted octanol–water partition coefficient (Wildman–Crippen LogP) is 10.0. The van der Waals surface area contributed by atoms with Crippen LogP contribution in [-0.2, 0) is 0 Å². The van der Waals surface area contributed by atoms with Gasteiger partial charge in [-0.25, -0.2) is 0 Å². The van der Waals surface area contributed by atoms with Crippen LogP contribution in [0.5, 0.6) is 0 Å². The third-order valence-electron chi connectivity index (χ3n) is 7.41. The Balaban J connectivity index is 1.87. The van der Waals surface area contributed by atoms with E-state index in [0.717, 1.165) is 11.1 Å². The maximum atomic E-state index is 4.17. The van der Waals surface area contributed by atoms with Crippen LogP contribution in [0.4, 0.5) is 0 Å². The lowest BCUT2D eigenvalue weighted by Crippen LogP contribution is -2.21. The average Bonchev–Trinajstić information content (AvgIpc) is 3.83. The molecule has 0 saturated carbocycles. The summed E-state index contributed by atoms with van der Waals surface area (Å²) in [4.78, 5) is 0. The van der Waals surface area contributed by atoms with Gasteiger partial charge in [-0.2, -0.15) is 45.3 Å². The van der Waals surface area contributed by atoms with Crippen molar-refractivity contribution in [3.8, 4) is 0 Å². The number of hydrogen-bond acceptors (Lipinski definition) is 4. The first-order valence-corrected chi connectivity index (χ1v) is 16.7. The van der Waals surface area contributed by atoms with Crippen LogP contribution in [0.15, 0.2) is 117 Å². The van der Waals surface area contributed by atoms with Gasteiger partial charge in [0.25, 0.3) is 0 Å². The van der Waals surface area contributed by atoms with E-state index >= 15 is 0 Å². The molecule has 0 saturated heterocycles. The molecule has 0 nitrogen and oxygen atoms in total. The molecule has 0 radical (unpaired) electrons. The molecule has 0 bridgehead atoms. The summed E-state index contributed by atoms with van der Waals surface area (Å²) < 4.78 is 0. The van der Waals surface area contributed by atoms with Gasteiger partial charge < -0.3 is 0 Å². The highest BCUT2D eigenvalue weighted by molar-refractivity contribution is 7.09. The number of fused-ring (bicyclic) bond motifs is 2. The summed E-state index contributed by atoms with van der Waals surface area (Å²) in [7, 11) is 0. The number of rotatable bonds is 6. The Bertz CT molecular complexity index is 1880. The molecule has 4 aromatic heterocycles. The fraction of sp³-hybridized carbons (Fsp3) is 0. The Kier molecular flexibility index (Phi) is 6.70. The lowest BCUT2D eigenvalue weighted by atomic mass is 9.86. The minimum Gasteiger partial charge on any atom is -0.152 e. The van der Waals surface area contributed by atoms with Crippen LogP contribution in [-0.4, -0.2) is 0 Å². The van der Waals surface area contributed by atoms with Crippen LogP contribution in [0, 0.1) is 0 Å². The quantitative estimate of drug-likeness (QED) is 0.171. The molecule has 4 heteroatoms. The second-order valence-corrected chi connectivity index (χ2v) is 12.6. The van der Waals surface area contributed by atoms with E-state index in [9.17, 15) is 0 Å². The monoisotopic (exact) mass is 584 g/mol. The van der Waals surface area contributed by atoms with E-state index in [1.54, 1.807) is 45.3 Å². The molecule has 192 valence electrons. The van der Waals surface area contributed by atoms with E-state index in [1.165, 1.54) is 65.4 Å². The first-order chi connectivity index (χ1) is 19.8. The Morgan fingerprint density at radius 3 is 1.10 bits per heavy atom. The molecule has 0 amide bonds. The van der Waals surface area contributed by atoms with Crippen LogP contribution >= 0.6 is 45.3 Å². The molecule has 0 aliphatic rings. The molecule has 7 aromatic rings. The Morgan fingerprint density at radius 1 is 0.475 bits per heavy atom. The van der Waals surface area contributed by atoms with Crippen LogP contribution < -0.4 is 10.4 Å². The van der Waals surface area contributed by atoms with Gasteiger partial charge in [-0.3, -0.25) is 0 Å². The summed E-state index contributed by atoms with van der Waals surface area (Å²) in [5.74, 6) is 0. The van der Waals surface area contributed by atoms with Crippen molar-refractivity contribution in [3.05, 3.63) is 161 Å². The minimum atomic E-state index is 1.09. The third-order valence-corrected chi connectivity index (χ3v) is 10.1. The molecule has 0 atom stereocenters. The zero-order valence-electron chi connectivity index (χ0n) is 21.6. The topological polar surface area (TPSA) is 0 Å². The zero-order chi connectivity index (χ0) is 27.1. The van der Waals surface area contributed by atoms with Crippen LogP contribution in [0.25, 0.3) is 44.8 Å². The van der Waals surface area contributed by atoms with Gasteiger partial charge >= 0.3 is 0 Å². The van der Waals surface area contributed by atoms with E-state index in [2.05, 4.69) is 117 Å². The van der Waals surface area contributed by atoms with Crippen molar-refractivity contribution in [2.75, 3.05) is 0 Å². The predicted molar refractivity (Wildman–Crippen MR) is 181 cm³/mol. The summed E-state index contributed by atoms with van der Waals surface area (Å²) in [5.41, 5.74) is 9.70. The molecular weight excluding hydrogens is 561 g/mol. The lowest BCUT2D eigenvalue weighted by Gasteiger charge is -2.16. The van der Waals surface area contributed by atoms with Gasteiger partial charge in [0, 0.05) is 0 Å². The summed E-state index contributed by atoms with van der Waals surface area (Å²) in [6, 6.07) is 22.5. The van der Waals surface area contributed by atoms with E-state index in [4.69, 9.17) is 0 Å². The van der Waals surface area contributed by atoms with Crippen molar-refractivity contribution in [2.45, 2.75) is 0 Å². The van der Waals surface area contributed by atoms with Gasteiger partial charge in [-0.1, -0.05) is 49.6 Å². The standard InChI is InChI=1S/C36H24S4/c1-3-23-17-31-32(18-24(23)4-2)36(34(27-11-15-39-21-27)28-12-16-40-22-28)30-8-6-5-7-29(30)35(31)33(25-9-13-37-19-25)26-10-14-38-20-26/h3-22H,1-2H2. The summed E-state index contributed by atoms with van der Waals surface area (Å²) in [6.07, 6.45) is 3.90. The van der Waals surface area contributed by atoms with Gasteiger partial charge in [0.05, 0.1) is 0 Å².